The number of hydrogen-bond donors (Lipinski definition) is 1. The maximum Gasteiger partial charge on any atom is 0.247 e. The first kappa shape index (κ1) is 23.2. The molecule has 0 unspecified atom stereocenters. The van der Waals surface area contributed by atoms with Gasteiger partial charge in [0, 0.05) is 48.6 Å². The van der Waals surface area contributed by atoms with Crippen LogP contribution in [0, 0.1) is 17.8 Å². The van der Waals surface area contributed by atoms with Crippen LogP contribution in [-0.2, 0) is 10.0 Å². The highest BCUT2D eigenvalue weighted by atomic mass is 32.2. The molecule has 0 saturated heterocycles. The van der Waals surface area contributed by atoms with Crippen LogP contribution < -0.4 is 4.74 Å². The van der Waals surface area contributed by atoms with Crippen LogP contribution in [0.25, 0.3) is 0 Å². The lowest BCUT2D eigenvalue weighted by Gasteiger charge is -2.37. The fraction of sp³-hybridized carbons (Fsp3) is 0.435. The number of fused-ring (bicyclic) bond motifs is 1. The third kappa shape index (κ3) is 5.43. The van der Waals surface area contributed by atoms with Gasteiger partial charge in [-0.2, -0.15) is 4.31 Å². The highest BCUT2D eigenvalue weighted by Gasteiger charge is 2.37. The first-order valence-corrected chi connectivity index (χ1v) is 11.7. The van der Waals surface area contributed by atoms with Gasteiger partial charge in [0.05, 0.1) is 6.61 Å². The Morgan fingerprint density at radius 1 is 1.29 bits per heavy atom. The molecule has 1 N–H and O–H groups in total. The molecule has 0 radical (unpaired) electrons. The maximum atomic E-state index is 13.4. The highest BCUT2D eigenvalue weighted by Crippen LogP contribution is 2.34. The van der Waals surface area contributed by atoms with Gasteiger partial charge in [-0.1, -0.05) is 18.8 Å². The molecule has 8 heteroatoms. The van der Waals surface area contributed by atoms with E-state index >= 15 is 0 Å². The van der Waals surface area contributed by atoms with E-state index in [9.17, 15) is 13.5 Å². The van der Waals surface area contributed by atoms with Gasteiger partial charge in [0.1, 0.15) is 16.7 Å². The average molecular weight is 444 g/mol. The molecule has 31 heavy (non-hydrogen) atoms. The number of hydrogen-bond acceptors (Lipinski definition) is 6. The Labute approximate surface area is 184 Å². The number of ether oxygens (including phenoxy) is 1. The summed E-state index contributed by atoms with van der Waals surface area (Å²) in [6, 6.07) is 8.03. The standard InChI is InChI=1S/C23H29N3O4S/c1-17-14-26(18(2)16-27)31(28,29)23-10-9-19(7-8-20-6-5-11-24-13-20)12-21(23)30-22(17)15-25(3)4/h5-6,9-13,17-18,22,27H,14-16H2,1-4H3/t17-,18+,22+/m1/s1. The lowest BCUT2D eigenvalue weighted by Crippen LogP contribution is -2.49. The molecule has 0 amide bonds. The Morgan fingerprint density at radius 3 is 2.68 bits per heavy atom. The van der Waals surface area contributed by atoms with Gasteiger partial charge in [0.15, 0.2) is 0 Å². The minimum Gasteiger partial charge on any atom is -0.487 e. The average Bonchev–Trinajstić information content (AvgIpc) is 2.74. The Hall–Kier alpha value is -2.44. The summed E-state index contributed by atoms with van der Waals surface area (Å²) >= 11 is 0. The molecule has 7 nitrogen and oxygen atoms in total. The number of nitrogens with zero attached hydrogens (tertiary/aromatic N) is 3. The van der Waals surface area contributed by atoms with Crippen LogP contribution in [0.5, 0.6) is 5.75 Å². The first-order chi connectivity index (χ1) is 14.7. The van der Waals surface area contributed by atoms with Crippen molar-refractivity contribution in [2.45, 2.75) is 30.9 Å². The molecule has 0 fully saturated rings. The summed E-state index contributed by atoms with van der Waals surface area (Å²) in [5.74, 6) is 6.30. The molecule has 166 valence electrons. The van der Waals surface area contributed by atoms with Crippen molar-refractivity contribution in [2.75, 3.05) is 33.8 Å². The van der Waals surface area contributed by atoms with E-state index in [1.54, 1.807) is 31.5 Å². The molecule has 2 heterocycles. The molecule has 1 aromatic heterocycles. The van der Waals surface area contributed by atoms with E-state index in [1.807, 2.05) is 38.1 Å². The van der Waals surface area contributed by atoms with Gasteiger partial charge in [-0.3, -0.25) is 4.98 Å². The molecule has 1 aromatic carbocycles. The minimum atomic E-state index is -3.85. The van der Waals surface area contributed by atoms with E-state index in [2.05, 4.69) is 16.8 Å². The zero-order valence-electron chi connectivity index (χ0n) is 18.3. The van der Waals surface area contributed by atoms with Gasteiger partial charge < -0.3 is 14.7 Å². The van der Waals surface area contributed by atoms with E-state index in [0.29, 0.717) is 12.1 Å². The molecule has 0 saturated carbocycles. The molecule has 1 aliphatic rings. The quantitative estimate of drug-likeness (QED) is 0.726. The van der Waals surface area contributed by atoms with Crippen LogP contribution in [-0.4, -0.2) is 73.7 Å². The summed E-state index contributed by atoms with van der Waals surface area (Å²) in [5, 5.41) is 9.68. The van der Waals surface area contributed by atoms with Gasteiger partial charge in [0.2, 0.25) is 10.0 Å². The zero-order chi connectivity index (χ0) is 22.6. The number of aromatic nitrogens is 1. The normalized spacial score (nSPS) is 21.7. The number of aliphatic hydroxyl groups excluding tert-OH is 1. The highest BCUT2D eigenvalue weighted by molar-refractivity contribution is 7.89. The van der Waals surface area contributed by atoms with Gasteiger partial charge in [-0.15, -0.1) is 0 Å². The van der Waals surface area contributed by atoms with Crippen LogP contribution >= 0.6 is 0 Å². The molecule has 2 aromatic rings. The minimum absolute atomic E-state index is 0.0792. The third-order valence-electron chi connectivity index (χ3n) is 5.22. The van der Waals surface area contributed by atoms with Crippen LogP contribution in [0.3, 0.4) is 0 Å². The van der Waals surface area contributed by atoms with Crippen LogP contribution in [0.4, 0.5) is 0 Å². The van der Waals surface area contributed by atoms with Crippen molar-refractivity contribution in [1.82, 2.24) is 14.2 Å². The molecule has 3 rings (SSSR count). The van der Waals surface area contributed by atoms with E-state index in [1.165, 1.54) is 10.4 Å². The Kier molecular flexibility index (Phi) is 7.34. The molecular formula is C23H29N3O4S. The van der Waals surface area contributed by atoms with Crippen LogP contribution in [0.15, 0.2) is 47.6 Å². The van der Waals surface area contributed by atoms with Gasteiger partial charge in [-0.25, -0.2) is 8.42 Å². The maximum absolute atomic E-state index is 13.4. The molecular weight excluding hydrogens is 414 g/mol. The molecule has 1 aliphatic heterocycles. The second kappa shape index (κ2) is 9.79. The van der Waals surface area contributed by atoms with E-state index in [-0.39, 0.29) is 35.8 Å². The fourth-order valence-corrected chi connectivity index (χ4v) is 5.29. The van der Waals surface area contributed by atoms with Crippen LogP contribution in [0.2, 0.25) is 0 Å². The Morgan fingerprint density at radius 2 is 2.03 bits per heavy atom. The predicted octanol–water partition coefficient (Wildman–Crippen LogP) is 1.81. The molecule has 3 atom stereocenters. The Balaban J connectivity index is 2.08. The van der Waals surface area contributed by atoms with Crippen LogP contribution in [0.1, 0.15) is 25.0 Å². The number of pyridine rings is 1. The second-order valence-electron chi connectivity index (χ2n) is 8.16. The summed E-state index contributed by atoms with van der Waals surface area (Å²) in [5.41, 5.74) is 1.42. The van der Waals surface area contributed by atoms with E-state index in [4.69, 9.17) is 4.74 Å². The summed E-state index contributed by atoms with van der Waals surface area (Å²) < 4.78 is 34.5. The zero-order valence-corrected chi connectivity index (χ0v) is 19.1. The SMILES string of the molecule is C[C@@H]1CN([C@@H](C)CO)S(=O)(=O)c2ccc(C#Cc3cccnc3)cc2O[C@H]1CN(C)C. The fourth-order valence-electron chi connectivity index (χ4n) is 3.46. The largest absolute Gasteiger partial charge is 0.487 e. The number of rotatable bonds is 4. The number of sulfonamides is 1. The van der Waals surface area contributed by atoms with Crippen molar-refractivity contribution in [3.63, 3.8) is 0 Å². The molecule has 0 aliphatic carbocycles. The van der Waals surface area contributed by atoms with Crippen molar-refractivity contribution in [3.05, 3.63) is 53.9 Å². The van der Waals surface area contributed by atoms with E-state index in [0.717, 1.165) is 5.56 Å². The summed E-state index contributed by atoms with van der Waals surface area (Å²) in [4.78, 5) is 6.16. The first-order valence-electron chi connectivity index (χ1n) is 10.2. The van der Waals surface area contributed by atoms with Gasteiger partial charge in [-0.05, 0) is 51.4 Å². The molecule has 0 bridgehead atoms. The summed E-state index contributed by atoms with van der Waals surface area (Å²) in [6.45, 7) is 4.33. The van der Waals surface area contributed by atoms with E-state index < -0.39 is 16.1 Å². The Bertz CT molecular complexity index is 1060. The smallest absolute Gasteiger partial charge is 0.247 e. The lowest BCUT2D eigenvalue weighted by atomic mass is 10.0. The second-order valence-corrected chi connectivity index (χ2v) is 10.0. The van der Waals surface area contributed by atoms with Crippen molar-refractivity contribution in [1.29, 1.82) is 0 Å². The van der Waals surface area contributed by atoms with Crippen molar-refractivity contribution in [2.24, 2.45) is 5.92 Å². The van der Waals surface area contributed by atoms with Crippen molar-refractivity contribution >= 4 is 10.0 Å². The number of likely N-dealkylation sites (N-methyl/N-ethyl adjacent to an activating group) is 1. The summed E-state index contributed by atoms with van der Waals surface area (Å²) in [6.07, 6.45) is 3.13. The predicted molar refractivity (Wildman–Crippen MR) is 119 cm³/mol. The van der Waals surface area contributed by atoms with Gasteiger partial charge in [0.25, 0.3) is 0 Å². The van der Waals surface area contributed by atoms with Crippen molar-refractivity contribution in [3.8, 4) is 17.6 Å². The summed E-state index contributed by atoms with van der Waals surface area (Å²) in [7, 11) is 0.0634. The van der Waals surface area contributed by atoms with Crippen molar-refractivity contribution < 1.29 is 18.3 Å². The third-order valence-corrected chi connectivity index (χ3v) is 7.24. The van der Waals surface area contributed by atoms with Gasteiger partial charge >= 0.3 is 0 Å². The lowest BCUT2D eigenvalue weighted by molar-refractivity contribution is 0.0812. The number of benzene rings is 1. The molecule has 0 spiro atoms. The monoisotopic (exact) mass is 443 g/mol. The number of aliphatic hydroxyl groups is 1. The topological polar surface area (TPSA) is 83.0 Å².